The highest BCUT2D eigenvalue weighted by Crippen LogP contribution is 2.26. The molecule has 1 fully saturated rings. The summed E-state index contributed by atoms with van der Waals surface area (Å²) in [5.41, 5.74) is -0.405. The molecule has 1 rings (SSSR count). The van der Waals surface area contributed by atoms with Crippen molar-refractivity contribution < 1.29 is 9.53 Å². The zero-order valence-corrected chi connectivity index (χ0v) is 10.1. The molecule has 1 amide bonds. The van der Waals surface area contributed by atoms with E-state index in [1.165, 1.54) is 0 Å². The van der Waals surface area contributed by atoms with Crippen LogP contribution in [-0.2, 0) is 4.74 Å². The Kier molecular flexibility index (Phi) is 3.97. The van der Waals surface area contributed by atoms with E-state index in [0.29, 0.717) is 12.0 Å². The van der Waals surface area contributed by atoms with E-state index in [-0.39, 0.29) is 6.09 Å². The van der Waals surface area contributed by atoms with Crippen LogP contribution in [0.2, 0.25) is 0 Å². The van der Waals surface area contributed by atoms with Crippen LogP contribution >= 0.6 is 0 Å². The van der Waals surface area contributed by atoms with Crippen molar-refractivity contribution in [2.75, 3.05) is 13.6 Å². The molecular weight excluding hydrogens is 192 g/mol. The lowest BCUT2D eigenvalue weighted by Gasteiger charge is -2.36. The van der Waals surface area contributed by atoms with Gasteiger partial charge in [0.1, 0.15) is 5.60 Å². The molecule has 0 aromatic heterocycles. The smallest absolute Gasteiger partial charge is 0.407 e. The molecular formula is C11H22N2O2. The van der Waals surface area contributed by atoms with Crippen molar-refractivity contribution in [3.63, 3.8) is 0 Å². The SMILES string of the molecule is CNCC1CC(NC(=O)OC(C)(C)C)C1. The minimum absolute atomic E-state index is 0.296. The van der Waals surface area contributed by atoms with Gasteiger partial charge in [0.15, 0.2) is 0 Å². The van der Waals surface area contributed by atoms with Gasteiger partial charge in [0, 0.05) is 6.04 Å². The van der Waals surface area contributed by atoms with E-state index in [2.05, 4.69) is 10.6 Å². The van der Waals surface area contributed by atoms with Crippen LogP contribution in [0.1, 0.15) is 33.6 Å². The molecule has 15 heavy (non-hydrogen) atoms. The number of carbonyl (C=O) groups is 1. The second-order valence-corrected chi connectivity index (χ2v) is 5.24. The molecule has 4 nitrogen and oxygen atoms in total. The normalized spacial score (nSPS) is 25.6. The van der Waals surface area contributed by atoms with Crippen molar-refractivity contribution >= 4 is 6.09 Å². The third-order valence-electron chi connectivity index (χ3n) is 2.45. The lowest BCUT2D eigenvalue weighted by atomic mass is 9.80. The quantitative estimate of drug-likeness (QED) is 0.748. The zero-order chi connectivity index (χ0) is 11.5. The second-order valence-electron chi connectivity index (χ2n) is 5.24. The van der Waals surface area contributed by atoms with Crippen molar-refractivity contribution in [2.45, 2.75) is 45.3 Å². The van der Waals surface area contributed by atoms with Crippen LogP contribution in [0.15, 0.2) is 0 Å². The summed E-state index contributed by atoms with van der Waals surface area (Å²) >= 11 is 0. The van der Waals surface area contributed by atoms with Gasteiger partial charge in [0.25, 0.3) is 0 Å². The summed E-state index contributed by atoms with van der Waals surface area (Å²) in [6.45, 7) is 6.65. The van der Waals surface area contributed by atoms with Gasteiger partial charge in [-0.1, -0.05) is 0 Å². The molecule has 0 radical (unpaired) electrons. The van der Waals surface area contributed by atoms with Crippen molar-refractivity contribution in [1.82, 2.24) is 10.6 Å². The Morgan fingerprint density at radius 3 is 2.47 bits per heavy atom. The minimum atomic E-state index is -0.405. The average molecular weight is 214 g/mol. The van der Waals surface area contributed by atoms with E-state index in [9.17, 15) is 4.79 Å². The van der Waals surface area contributed by atoms with Crippen LogP contribution < -0.4 is 10.6 Å². The molecule has 0 spiro atoms. The predicted molar refractivity (Wildman–Crippen MR) is 59.8 cm³/mol. The summed E-state index contributed by atoms with van der Waals surface area (Å²) in [6, 6.07) is 0.304. The van der Waals surface area contributed by atoms with Crippen LogP contribution in [-0.4, -0.2) is 31.3 Å². The molecule has 1 saturated carbocycles. The van der Waals surface area contributed by atoms with Gasteiger partial charge < -0.3 is 15.4 Å². The highest BCUT2D eigenvalue weighted by atomic mass is 16.6. The first-order valence-electron chi connectivity index (χ1n) is 5.55. The highest BCUT2D eigenvalue weighted by Gasteiger charge is 2.30. The predicted octanol–water partition coefficient (Wildman–Crippen LogP) is 1.51. The molecule has 0 atom stereocenters. The molecule has 0 aromatic carbocycles. The monoisotopic (exact) mass is 214 g/mol. The van der Waals surface area contributed by atoms with Crippen molar-refractivity contribution in [1.29, 1.82) is 0 Å². The van der Waals surface area contributed by atoms with Crippen LogP contribution in [0, 0.1) is 5.92 Å². The first-order chi connectivity index (χ1) is 6.90. The largest absolute Gasteiger partial charge is 0.444 e. The molecule has 1 aliphatic rings. The Balaban J connectivity index is 2.14. The molecule has 0 aliphatic heterocycles. The van der Waals surface area contributed by atoms with Crippen LogP contribution in [0.3, 0.4) is 0 Å². The van der Waals surface area contributed by atoms with Crippen molar-refractivity contribution in [2.24, 2.45) is 5.92 Å². The van der Waals surface area contributed by atoms with Crippen LogP contribution in [0.5, 0.6) is 0 Å². The van der Waals surface area contributed by atoms with Crippen molar-refractivity contribution in [3.8, 4) is 0 Å². The molecule has 88 valence electrons. The first kappa shape index (κ1) is 12.3. The Labute approximate surface area is 91.8 Å². The molecule has 1 aliphatic carbocycles. The molecule has 0 unspecified atom stereocenters. The van der Waals surface area contributed by atoms with Gasteiger partial charge in [-0.25, -0.2) is 4.79 Å². The van der Waals surface area contributed by atoms with Crippen molar-refractivity contribution in [3.05, 3.63) is 0 Å². The summed E-state index contributed by atoms with van der Waals surface area (Å²) in [4.78, 5) is 11.4. The summed E-state index contributed by atoms with van der Waals surface area (Å²) in [5, 5.41) is 6.01. The summed E-state index contributed by atoms with van der Waals surface area (Å²) in [6.07, 6.45) is 1.82. The van der Waals surface area contributed by atoms with Crippen LogP contribution in [0.4, 0.5) is 4.79 Å². The third kappa shape index (κ3) is 4.51. The molecule has 0 aromatic rings. The van der Waals surface area contributed by atoms with E-state index in [4.69, 9.17) is 4.74 Å². The van der Waals surface area contributed by atoms with Gasteiger partial charge in [-0.15, -0.1) is 0 Å². The number of ether oxygens (including phenoxy) is 1. The number of rotatable bonds is 3. The van der Waals surface area contributed by atoms with E-state index in [1.807, 2.05) is 27.8 Å². The minimum Gasteiger partial charge on any atom is -0.444 e. The maximum absolute atomic E-state index is 11.4. The molecule has 0 bridgehead atoms. The van der Waals surface area contributed by atoms with E-state index in [0.717, 1.165) is 19.4 Å². The Hall–Kier alpha value is -0.770. The zero-order valence-electron chi connectivity index (χ0n) is 10.1. The maximum Gasteiger partial charge on any atom is 0.407 e. The lowest BCUT2D eigenvalue weighted by Crippen LogP contribution is -2.48. The van der Waals surface area contributed by atoms with Gasteiger partial charge in [-0.3, -0.25) is 0 Å². The second kappa shape index (κ2) is 4.84. The number of amides is 1. The fourth-order valence-electron chi connectivity index (χ4n) is 1.78. The van der Waals surface area contributed by atoms with E-state index >= 15 is 0 Å². The number of nitrogens with one attached hydrogen (secondary N) is 2. The third-order valence-corrected chi connectivity index (χ3v) is 2.45. The molecule has 2 N–H and O–H groups in total. The Morgan fingerprint density at radius 2 is 2.00 bits per heavy atom. The first-order valence-corrected chi connectivity index (χ1v) is 5.55. The van der Waals surface area contributed by atoms with Gasteiger partial charge in [-0.05, 0) is 53.1 Å². The summed E-state index contributed by atoms with van der Waals surface area (Å²) < 4.78 is 5.17. The number of hydrogen-bond donors (Lipinski definition) is 2. The van der Waals surface area contributed by atoms with Crippen LogP contribution in [0.25, 0.3) is 0 Å². The topological polar surface area (TPSA) is 50.4 Å². The Morgan fingerprint density at radius 1 is 1.40 bits per heavy atom. The average Bonchev–Trinajstić information content (AvgIpc) is 1.97. The lowest BCUT2D eigenvalue weighted by molar-refractivity contribution is 0.0453. The maximum atomic E-state index is 11.4. The van der Waals surface area contributed by atoms with Gasteiger partial charge in [0.2, 0.25) is 0 Å². The number of hydrogen-bond acceptors (Lipinski definition) is 3. The van der Waals surface area contributed by atoms with E-state index in [1.54, 1.807) is 0 Å². The summed E-state index contributed by atoms with van der Waals surface area (Å²) in [7, 11) is 1.95. The van der Waals surface area contributed by atoms with Gasteiger partial charge in [0.05, 0.1) is 0 Å². The van der Waals surface area contributed by atoms with Gasteiger partial charge in [-0.2, -0.15) is 0 Å². The number of carbonyl (C=O) groups excluding carboxylic acids is 1. The Bertz CT molecular complexity index is 217. The fourth-order valence-corrected chi connectivity index (χ4v) is 1.78. The fraction of sp³-hybridized carbons (Fsp3) is 0.909. The highest BCUT2D eigenvalue weighted by molar-refractivity contribution is 5.68. The molecule has 0 heterocycles. The standard InChI is InChI=1S/C11H22N2O2/c1-11(2,3)15-10(14)13-9-5-8(6-9)7-12-4/h8-9,12H,5-7H2,1-4H3,(H,13,14). The molecule has 0 saturated heterocycles. The summed E-state index contributed by atoms with van der Waals surface area (Å²) in [5.74, 6) is 0.704. The number of alkyl carbamates (subject to hydrolysis) is 1. The van der Waals surface area contributed by atoms with Gasteiger partial charge >= 0.3 is 6.09 Å². The molecule has 4 heteroatoms. The van der Waals surface area contributed by atoms with E-state index < -0.39 is 5.60 Å².